The predicted molar refractivity (Wildman–Crippen MR) is 114 cm³/mol. The van der Waals surface area contributed by atoms with Crippen LogP contribution in [0.3, 0.4) is 0 Å². The molecule has 0 saturated carbocycles. The summed E-state index contributed by atoms with van der Waals surface area (Å²) in [6.45, 7) is 7.82. The van der Waals surface area contributed by atoms with Crippen molar-refractivity contribution in [2.45, 2.75) is 40.5 Å². The first-order chi connectivity index (χ1) is 14.3. The van der Waals surface area contributed by atoms with E-state index in [1.54, 1.807) is 6.07 Å². The monoisotopic (exact) mass is 416 g/mol. The van der Waals surface area contributed by atoms with E-state index in [1.807, 2.05) is 13.0 Å². The molecule has 0 amide bonds. The van der Waals surface area contributed by atoms with Crippen molar-refractivity contribution in [1.29, 1.82) is 0 Å². The van der Waals surface area contributed by atoms with E-state index >= 15 is 0 Å². The fraction of sp³-hybridized carbons (Fsp3) is 0.391. The van der Waals surface area contributed by atoms with Crippen LogP contribution in [0.5, 0.6) is 17.2 Å². The number of hydrogen-bond acceptors (Lipinski definition) is 7. The van der Waals surface area contributed by atoms with Crippen molar-refractivity contribution in [3.8, 4) is 17.2 Å². The minimum atomic E-state index is -0.751. The van der Waals surface area contributed by atoms with Crippen LogP contribution in [0, 0.1) is 0 Å². The Bertz CT molecular complexity index is 995. The van der Waals surface area contributed by atoms with Crippen LogP contribution in [-0.4, -0.2) is 30.9 Å². The Morgan fingerprint density at radius 3 is 2.57 bits per heavy atom. The molecule has 162 valence electrons. The van der Waals surface area contributed by atoms with E-state index in [0.29, 0.717) is 11.1 Å². The largest absolute Gasteiger partial charge is 0.504 e. The van der Waals surface area contributed by atoms with Gasteiger partial charge in [0.05, 0.1) is 5.39 Å². The highest BCUT2D eigenvalue weighted by Crippen LogP contribution is 2.33. The number of fused-ring (bicyclic) bond motifs is 1. The first-order valence-corrected chi connectivity index (χ1v) is 9.75. The second-order valence-corrected chi connectivity index (χ2v) is 7.10. The van der Waals surface area contributed by atoms with Gasteiger partial charge in [-0.3, -0.25) is 4.79 Å². The summed E-state index contributed by atoms with van der Waals surface area (Å²) in [5.41, 5.74) is 1.86. The quantitative estimate of drug-likeness (QED) is 0.263. The van der Waals surface area contributed by atoms with Gasteiger partial charge in [0, 0.05) is 6.92 Å². The zero-order chi connectivity index (χ0) is 22.1. The van der Waals surface area contributed by atoms with E-state index < -0.39 is 5.63 Å². The van der Waals surface area contributed by atoms with Crippen molar-refractivity contribution in [1.82, 2.24) is 0 Å². The van der Waals surface area contributed by atoms with E-state index in [2.05, 4.69) is 19.9 Å². The normalized spacial score (nSPS) is 11.3. The van der Waals surface area contributed by atoms with Crippen LogP contribution in [0.1, 0.15) is 40.5 Å². The van der Waals surface area contributed by atoms with Gasteiger partial charge in [-0.1, -0.05) is 17.2 Å². The number of ether oxygens (including phenoxy) is 3. The van der Waals surface area contributed by atoms with Crippen LogP contribution in [0.2, 0.25) is 0 Å². The number of esters is 1. The van der Waals surface area contributed by atoms with Crippen molar-refractivity contribution in [3.05, 3.63) is 51.9 Å². The molecular weight excluding hydrogens is 388 g/mol. The Labute approximate surface area is 175 Å². The number of allylic oxidation sites excluding steroid dienone is 3. The lowest BCUT2D eigenvalue weighted by atomic mass is 10.1. The molecule has 0 saturated heterocycles. The van der Waals surface area contributed by atoms with Crippen LogP contribution in [0.4, 0.5) is 0 Å². The lowest BCUT2D eigenvalue weighted by Gasteiger charge is -2.10. The maximum Gasteiger partial charge on any atom is 0.383 e. The van der Waals surface area contributed by atoms with Gasteiger partial charge >= 0.3 is 11.6 Å². The van der Waals surface area contributed by atoms with E-state index in [9.17, 15) is 14.7 Å². The molecule has 2 rings (SSSR count). The van der Waals surface area contributed by atoms with Crippen molar-refractivity contribution < 1.29 is 28.5 Å². The molecule has 0 fully saturated rings. The summed E-state index contributed by atoms with van der Waals surface area (Å²) < 4.78 is 21.0. The molecule has 7 heteroatoms. The molecule has 0 atom stereocenters. The summed E-state index contributed by atoms with van der Waals surface area (Å²) in [5.74, 6) is -0.505. The number of aromatic hydroxyl groups is 1. The average Bonchev–Trinajstić information content (AvgIpc) is 2.67. The smallest absolute Gasteiger partial charge is 0.383 e. The van der Waals surface area contributed by atoms with Crippen molar-refractivity contribution in [3.63, 3.8) is 0 Å². The van der Waals surface area contributed by atoms with Crippen molar-refractivity contribution in [2.24, 2.45) is 0 Å². The molecule has 1 aromatic heterocycles. The van der Waals surface area contributed by atoms with Gasteiger partial charge in [0.15, 0.2) is 5.75 Å². The highest BCUT2D eigenvalue weighted by Gasteiger charge is 2.16. The molecule has 0 aliphatic heterocycles. The topological polar surface area (TPSA) is 95.2 Å². The maximum atomic E-state index is 12.2. The Hall–Kier alpha value is -3.22. The standard InChI is InChI=1S/C23H28O7/c1-15(2)6-5-7-16(3)10-11-29-22-21(25)19-14-18(28-13-12-27-17(4)24)8-9-20(19)30-23(22)26/h6,8-10,14,25H,5,7,11-13H2,1-4H3/b16-10+. The zero-order valence-corrected chi connectivity index (χ0v) is 17.8. The minimum absolute atomic E-state index is 0.108. The van der Waals surface area contributed by atoms with Gasteiger partial charge in [0.2, 0.25) is 5.75 Å². The molecule has 1 heterocycles. The summed E-state index contributed by atoms with van der Waals surface area (Å²) in [6.07, 6.45) is 5.86. The Morgan fingerprint density at radius 1 is 1.10 bits per heavy atom. The second kappa shape index (κ2) is 11.1. The van der Waals surface area contributed by atoms with Crippen molar-refractivity contribution in [2.75, 3.05) is 19.8 Å². The Morgan fingerprint density at radius 2 is 1.87 bits per heavy atom. The van der Waals surface area contributed by atoms with Gasteiger partial charge in [0.25, 0.3) is 0 Å². The summed E-state index contributed by atoms with van der Waals surface area (Å²) in [4.78, 5) is 23.0. The number of benzene rings is 1. The zero-order valence-electron chi connectivity index (χ0n) is 17.8. The fourth-order valence-corrected chi connectivity index (χ4v) is 2.67. The summed E-state index contributed by atoms with van der Waals surface area (Å²) in [5, 5.41) is 10.8. The molecule has 0 unspecified atom stereocenters. The van der Waals surface area contributed by atoms with E-state index in [1.165, 1.54) is 24.6 Å². The Kier molecular flexibility index (Phi) is 8.53. The highest BCUT2D eigenvalue weighted by molar-refractivity contribution is 5.86. The maximum absolute atomic E-state index is 12.2. The average molecular weight is 416 g/mol. The highest BCUT2D eigenvalue weighted by atomic mass is 16.6. The molecule has 2 aromatic rings. The van der Waals surface area contributed by atoms with Crippen LogP contribution in [0.25, 0.3) is 11.0 Å². The molecule has 30 heavy (non-hydrogen) atoms. The third-order valence-corrected chi connectivity index (χ3v) is 4.22. The number of carbonyl (C=O) groups is 1. The molecule has 0 radical (unpaired) electrons. The SMILES string of the molecule is CC(=O)OCCOc1ccc2oc(=O)c(OC/C=C(\C)CCC=C(C)C)c(O)c2c1. The van der Waals surface area contributed by atoms with Gasteiger partial charge in [-0.2, -0.15) is 0 Å². The van der Waals surface area contributed by atoms with Crippen LogP contribution in [0.15, 0.2) is 50.7 Å². The van der Waals surface area contributed by atoms with E-state index in [-0.39, 0.29) is 42.9 Å². The molecule has 0 bridgehead atoms. The van der Waals surface area contributed by atoms with Gasteiger partial charge in [-0.15, -0.1) is 0 Å². The lowest BCUT2D eigenvalue weighted by molar-refractivity contribution is -0.141. The van der Waals surface area contributed by atoms with Crippen LogP contribution < -0.4 is 15.1 Å². The second-order valence-electron chi connectivity index (χ2n) is 7.10. The van der Waals surface area contributed by atoms with Crippen LogP contribution >= 0.6 is 0 Å². The van der Waals surface area contributed by atoms with E-state index in [4.69, 9.17) is 18.6 Å². The third kappa shape index (κ3) is 6.99. The molecular formula is C23H28O7. The first kappa shape index (κ1) is 23.1. The lowest BCUT2D eigenvalue weighted by Crippen LogP contribution is -2.10. The number of rotatable bonds is 10. The van der Waals surface area contributed by atoms with Crippen LogP contribution in [-0.2, 0) is 9.53 Å². The van der Waals surface area contributed by atoms with Gasteiger partial charge in [0.1, 0.15) is 31.2 Å². The minimum Gasteiger partial charge on any atom is -0.504 e. The molecule has 1 aromatic carbocycles. The molecule has 0 aliphatic rings. The molecule has 0 aliphatic carbocycles. The summed E-state index contributed by atoms with van der Waals surface area (Å²) >= 11 is 0. The van der Waals surface area contributed by atoms with E-state index in [0.717, 1.165) is 18.4 Å². The summed E-state index contributed by atoms with van der Waals surface area (Å²) in [7, 11) is 0. The van der Waals surface area contributed by atoms with Crippen molar-refractivity contribution >= 4 is 16.9 Å². The number of carbonyl (C=O) groups excluding carboxylic acids is 1. The van der Waals surface area contributed by atoms with Gasteiger partial charge in [-0.05, 0) is 57.9 Å². The van der Waals surface area contributed by atoms with Gasteiger partial charge in [-0.25, -0.2) is 4.79 Å². The fourth-order valence-electron chi connectivity index (χ4n) is 2.67. The molecule has 7 nitrogen and oxygen atoms in total. The third-order valence-electron chi connectivity index (χ3n) is 4.22. The first-order valence-electron chi connectivity index (χ1n) is 9.75. The Balaban J connectivity index is 2.09. The van der Waals surface area contributed by atoms with Gasteiger partial charge < -0.3 is 23.7 Å². The predicted octanol–water partition coefficient (Wildman–Crippen LogP) is 4.51. The molecule has 0 spiro atoms. The number of hydrogen-bond donors (Lipinski definition) is 1. The summed E-state index contributed by atoms with van der Waals surface area (Å²) in [6, 6.07) is 4.65. The molecule has 1 N–H and O–H groups in total.